The van der Waals surface area contributed by atoms with Gasteiger partial charge in [-0.1, -0.05) is 41.9 Å². The molecule has 0 amide bonds. The Balaban J connectivity index is 1.84. The van der Waals surface area contributed by atoms with Crippen molar-refractivity contribution in [1.82, 2.24) is 0 Å². The van der Waals surface area contributed by atoms with Gasteiger partial charge in [0.25, 0.3) is 10.1 Å². The quantitative estimate of drug-likeness (QED) is 0.803. The van der Waals surface area contributed by atoms with Crippen molar-refractivity contribution in [2.24, 2.45) is 0 Å². The molecule has 0 radical (unpaired) electrons. The van der Waals surface area contributed by atoms with E-state index >= 15 is 0 Å². The summed E-state index contributed by atoms with van der Waals surface area (Å²) in [6.07, 6.45) is 1.37. The van der Waals surface area contributed by atoms with Crippen molar-refractivity contribution in [1.29, 1.82) is 0 Å². The van der Waals surface area contributed by atoms with Gasteiger partial charge in [-0.05, 0) is 23.3 Å². The van der Waals surface area contributed by atoms with Crippen LogP contribution >= 0.6 is 11.6 Å². The van der Waals surface area contributed by atoms with Gasteiger partial charge in [0, 0.05) is 17.0 Å². The fourth-order valence-corrected chi connectivity index (χ4v) is 3.01. The van der Waals surface area contributed by atoms with Crippen LogP contribution in [0, 0.1) is 0 Å². The monoisotopic (exact) mass is 338 g/mol. The van der Waals surface area contributed by atoms with E-state index in [0.29, 0.717) is 11.4 Å². The van der Waals surface area contributed by atoms with Crippen molar-refractivity contribution in [3.63, 3.8) is 0 Å². The van der Waals surface area contributed by atoms with E-state index in [-0.39, 0.29) is 12.7 Å². The Bertz CT molecular complexity index is 784. The minimum atomic E-state index is -3.46. The standard InChI is InChI=1S/C16H15ClO4S/c1-22(18,19)20-10-14-9-12-3-2-4-15(16(12)21-14)11-5-7-13(17)8-6-11/h2-8,14H,9-10H2,1H3. The number of benzene rings is 2. The first-order valence-electron chi connectivity index (χ1n) is 6.81. The molecule has 0 fully saturated rings. The van der Waals surface area contributed by atoms with E-state index in [4.69, 9.17) is 20.5 Å². The van der Waals surface area contributed by atoms with Crippen molar-refractivity contribution >= 4 is 21.7 Å². The van der Waals surface area contributed by atoms with Crippen molar-refractivity contribution in [2.75, 3.05) is 12.9 Å². The third-order valence-corrected chi connectivity index (χ3v) is 4.27. The van der Waals surface area contributed by atoms with Crippen LogP contribution in [-0.2, 0) is 20.7 Å². The number of para-hydroxylation sites is 1. The molecule has 4 nitrogen and oxygen atoms in total. The largest absolute Gasteiger partial charge is 0.487 e. The normalized spacial score (nSPS) is 17.1. The topological polar surface area (TPSA) is 52.6 Å². The number of hydrogen-bond donors (Lipinski definition) is 0. The summed E-state index contributed by atoms with van der Waals surface area (Å²) in [7, 11) is -3.46. The molecule has 0 N–H and O–H groups in total. The first kappa shape index (κ1) is 15.3. The average molecular weight is 339 g/mol. The smallest absolute Gasteiger partial charge is 0.264 e. The second-order valence-electron chi connectivity index (χ2n) is 5.23. The van der Waals surface area contributed by atoms with Gasteiger partial charge in [0.15, 0.2) is 0 Å². The second-order valence-corrected chi connectivity index (χ2v) is 7.31. The number of hydrogen-bond acceptors (Lipinski definition) is 4. The zero-order valence-corrected chi connectivity index (χ0v) is 13.5. The maximum Gasteiger partial charge on any atom is 0.264 e. The van der Waals surface area contributed by atoms with Gasteiger partial charge in [-0.2, -0.15) is 8.42 Å². The third kappa shape index (κ3) is 3.43. The predicted molar refractivity (Wildman–Crippen MR) is 85.8 cm³/mol. The fourth-order valence-electron chi connectivity index (χ4n) is 2.49. The lowest BCUT2D eigenvalue weighted by molar-refractivity contribution is 0.153. The predicted octanol–water partition coefficient (Wildman–Crippen LogP) is 3.29. The summed E-state index contributed by atoms with van der Waals surface area (Å²) in [4.78, 5) is 0. The summed E-state index contributed by atoms with van der Waals surface area (Å²) in [5.41, 5.74) is 3.02. The van der Waals surface area contributed by atoms with Gasteiger partial charge < -0.3 is 4.74 Å². The zero-order valence-electron chi connectivity index (χ0n) is 12.0. The molecule has 0 bridgehead atoms. The Labute approximate surface area is 134 Å². The molecule has 2 aromatic rings. The summed E-state index contributed by atoms with van der Waals surface area (Å²) in [6.45, 7) is 0.0214. The molecule has 0 spiro atoms. The Kier molecular flexibility index (Phi) is 4.12. The minimum Gasteiger partial charge on any atom is -0.487 e. The molecule has 1 unspecified atom stereocenters. The molecule has 1 atom stereocenters. The maximum atomic E-state index is 11.1. The van der Waals surface area contributed by atoms with Gasteiger partial charge in [0.2, 0.25) is 0 Å². The number of fused-ring (bicyclic) bond motifs is 1. The van der Waals surface area contributed by atoms with Crippen LogP contribution in [0.25, 0.3) is 11.1 Å². The lowest BCUT2D eigenvalue weighted by Gasteiger charge is -2.12. The van der Waals surface area contributed by atoms with E-state index in [2.05, 4.69) is 0 Å². The van der Waals surface area contributed by atoms with Crippen LogP contribution < -0.4 is 4.74 Å². The molecule has 0 aliphatic carbocycles. The molecule has 0 saturated carbocycles. The fraction of sp³-hybridized carbons (Fsp3) is 0.250. The van der Waals surface area contributed by atoms with Crippen LogP contribution in [0.5, 0.6) is 5.75 Å². The molecule has 116 valence electrons. The average Bonchev–Trinajstić information content (AvgIpc) is 2.88. The van der Waals surface area contributed by atoms with Crippen LogP contribution in [-0.4, -0.2) is 27.4 Å². The Morgan fingerprint density at radius 2 is 1.95 bits per heavy atom. The van der Waals surface area contributed by atoms with E-state index in [1.165, 1.54) is 0 Å². The van der Waals surface area contributed by atoms with E-state index in [9.17, 15) is 8.42 Å². The molecule has 2 aromatic carbocycles. The maximum absolute atomic E-state index is 11.1. The lowest BCUT2D eigenvalue weighted by Crippen LogP contribution is -2.22. The van der Waals surface area contributed by atoms with Crippen molar-refractivity contribution in [3.8, 4) is 16.9 Å². The summed E-state index contributed by atoms with van der Waals surface area (Å²) in [5, 5.41) is 0.677. The molecule has 0 aromatic heterocycles. The molecular weight excluding hydrogens is 324 g/mol. The van der Waals surface area contributed by atoms with E-state index in [1.807, 2.05) is 42.5 Å². The summed E-state index contributed by atoms with van der Waals surface area (Å²) >= 11 is 5.92. The molecule has 1 heterocycles. The van der Waals surface area contributed by atoms with Crippen molar-refractivity contribution < 1.29 is 17.3 Å². The van der Waals surface area contributed by atoms with Crippen LogP contribution in [0.15, 0.2) is 42.5 Å². The van der Waals surface area contributed by atoms with Crippen molar-refractivity contribution in [2.45, 2.75) is 12.5 Å². The molecule has 6 heteroatoms. The summed E-state index contributed by atoms with van der Waals surface area (Å²) < 4.78 is 32.9. The van der Waals surface area contributed by atoms with Gasteiger partial charge >= 0.3 is 0 Å². The Morgan fingerprint density at radius 1 is 1.23 bits per heavy atom. The second kappa shape index (κ2) is 5.91. The third-order valence-electron chi connectivity index (χ3n) is 3.45. The van der Waals surface area contributed by atoms with Gasteiger partial charge in [0.05, 0.1) is 6.26 Å². The summed E-state index contributed by atoms with van der Waals surface area (Å²) in [6, 6.07) is 13.4. The number of rotatable bonds is 4. The van der Waals surface area contributed by atoms with Gasteiger partial charge in [-0.3, -0.25) is 4.18 Å². The molecular formula is C16H15ClO4S. The van der Waals surface area contributed by atoms with E-state index < -0.39 is 10.1 Å². The molecule has 22 heavy (non-hydrogen) atoms. The van der Waals surface area contributed by atoms with Crippen LogP contribution in [0.2, 0.25) is 5.02 Å². The first-order chi connectivity index (χ1) is 10.4. The SMILES string of the molecule is CS(=O)(=O)OCC1Cc2cccc(-c3ccc(Cl)cc3)c2O1. The Hall–Kier alpha value is -1.56. The summed E-state index contributed by atoms with van der Waals surface area (Å²) in [5.74, 6) is 0.784. The van der Waals surface area contributed by atoms with Crippen LogP contribution in [0.3, 0.4) is 0 Å². The van der Waals surface area contributed by atoms with Crippen molar-refractivity contribution in [3.05, 3.63) is 53.1 Å². The van der Waals surface area contributed by atoms with Gasteiger partial charge in [-0.25, -0.2) is 0 Å². The highest BCUT2D eigenvalue weighted by atomic mass is 35.5. The number of ether oxygens (including phenoxy) is 1. The highest BCUT2D eigenvalue weighted by Gasteiger charge is 2.26. The highest BCUT2D eigenvalue weighted by Crippen LogP contribution is 2.39. The minimum absolute atomic E-state index is 0.0214. The Morgan fingerprint density at radius 3 is 2.64 bits per heavy atom. The van der Waals surface area contributed by atoms with Crippen LogP contribution in [0.1, 0.15) is 5.56 Å². The number of halogens is 1. The lowest BCUT2D eigenvalue weighted by atomic mass is 10.0. The molecule has 0 saturated heterocycles. The molecule has 1 aliphatic rings. The van der Waals surface area contributed by atoms with Gasteiger partial charge in [-0.15, -0.1) is 0 Å². The van der Waals surface area contributed by atoms with Gasteiger partial charge in [0.1, 0.15) is 18.5 Å². The van der Waals surface area contributed by atoms with E-state index in [0.717, 1.165) is 28.7 Å². The van der Waals surface area contributed by atoms with Crippen LogP contribution in [0.4, 0.5) is 0 Å². The first-order valence-corrected chi connectivity index (χ1v) is 9.01. The van der Waals surface area contributed by atoms with E-state index in [1.54, 1.807) is 0 Å². The molecule has 1 aliphatic heterocycles. The highest BCUT2D eigenvalue weighted by molar-refractivity contribution is 7.85. The molecule has 3 rings (SSSR count). The zero-order chi connectivity index (χ0) is 15.7.